The second kappa shape index (κ2) is 5.12. The van der Waals surface area contributed by atoms with Crippen molar-refractivity contribution in [3.8, 4) is 0 Å². The molecule has 3 heterocycles. The predicted molar refractivity (Wildman–Crippen MR) is 71.6 cm³/mol. The van der Waals surface area contributed by atoms with Gasteiger partial charge in [-0.25, -0.2) is 4.98 Å². The summed E-state index contributed by atoms with van der Waals surface area (Å²) in [6.07, 6.45) is 2.57. The lowest BCUT2D eigenvalue weighted by atomic mass is 9.90. The first-order valence-electron chi connectivity index (χ1n) is 6.78. The van der Waals surface area contributed by atoms with E-state index in [1.165, 1.54) is 12.7 Å². The van der Waals surface area contributed by atoms with Crippen LogP contribution in [-0.4, -0.2) is 78.6 Å². The summed E-state index contributed by atoms with van der Waals surface area (Å²) >= 11 is 0. The highest BCUT2D eigenvalue weighted by molar-refractivity contribution is 5.92. The molecule has 0 aliphatic carbocycles. The molecule has 0 unspecified atom stereocenters. The van der Waals surface area contributed by atoms with E-state index in [1.54, 1.807) is 11.9 Å². The van der Waals surface area contributed by atoms with Gasteiger partial charge in [0.1, 0.15) is 17.9 Å². The van der Waals surface area contributed by atoms with Crippen molar-refractivity contribution >= 4 is 11.8 Å². The first-order chi connectivity index (χ1) is 10.0. The maximum Gasteiger partial charge on any atom is 0.276 e. The molecule has 1 atom stereocenters. The van der Waals surface area contributed by atoms with E-state index in [0.717, 1.165) is 0 Å². The minimum absolute atomic E-state index is 0.0535. The lowest BCUT2D eigenvalue weighted by Gasteiger charge is -2.54. The summed E-state index contributed by atoms with van der Waals surface area (Å²) in [5.74, 6) is -0.212. The van der Waals surface area contributed by atoms with Crippen LogP contribution >= 0.6 is 0 Å². The van der Waals surface area contributed by atoms with Gasteiger partial charge in [0.25, 0.3) is 5.91 Å². The molecule has 0 aromatic carbocycles. The third-order valence-corrected chi connectivity index (χ3v) is 4.06. The van der Waals surface area contributed by atoms with Crippen LogP contribution in [0, 0.1) is 0 Å². The van der Waals surface area contributed by atoms with Crippen molar-refractivity contribution in [2.75, 3.05) is 40.3 Å². The van der Waals surface area contributed by atoms with E-state index in [4.69, 9.17) is 9.15 Å². The molecule has 2 aliphatic rings. The predicted octanol–water partition coefficient (Wildman–Crippen LogP) is -1.05. The van der Waals surface area contributed by atoms with Crippen LogP contribution in [0.15, 0.2) is 17.1 Å². The van der Waals surface area contributed by atoms with E-state index in [-0.39, 0.29) is 23.5 Å². The van der Waals surface area contributed by atoms with Gasteiger partial charge in [-0.2, -0.15) is 0 Å². The minimum atomic E-state index is -0.376. The molecule has 2 fully saturated rings. The van der Waals surface area contributed by atoms with E-state index < -0.39 is 0 Å². The monoisotopic (exact) mass is 294 g/mol. The SMILES string of the molecule is CNC(=O)[C@H]1COC2(CN(C(=O)c3cocn3)C2)CN1C. The van der Waals surface area contributed by atoms with E-state index >= 15 is 0 Å². The third-order valence-electron chi connectivity index (χ3n) is 4.06. The van der Waals surface area contributed by atoms with Crippen LogP contribution in [0.1, 0.15) is 10.5 Å². The van der Waals surface area contributed by atoms with Crippen LogP contribution in [0.3, 0.4) is 0 Å². The summed E-state index contributed by atoms with van der Waals surface area (Å²) in [5, 5.41) is 2.63. The molecule has 2 saturated heterocycles. The van der Waals surface area contributed by atoms with E-state index in [0.29, 0.717) is 31.9 Å². The van der Waals surface area contributed by atoms with Gasteiger partial charge in [-0.15, -0.1) is 0 Å². The first-order valence-corrected chi connectivity index (χ1v) is 6.78. The third kappa shape index (κ3) is 2.40. The Morgan fingerprint density at radius 3 is 2.76 bits per heavy atom. The van der Waals surface area contributed by atoms with Crippen molar-refractivity contribution in [1.82, 2.24) is 20.1 Å². The highest BCUT2D eigenvalue weighted by Crippen LogP contribution is 2.31. The lowest BCUT2D eigenvalue weighted by molar-refractivity contribution is -0.187. The molecular formula is C13H18N4O4. The van der Waals surface area contributed by atoms with Gasteiger partial charge >= 0.3 is 0 Å². The van der Waals surface area contributed by atoms with Gasteiger partial charge in [0, 0.05) is 13.6 Å². The zero-order valence-corrected chi connectivity index (χ0v) is 12.0. The molecule has 3 rings (SSSR count). The summed E-state index contributed by atoms with van der Waals surface area (Å²) in [4.78, 5) is 31.3. The number of rotatable bonds is 2. The summed E-state index contributed by atoms with van der Waals surface area (Å²) < 4.78 is 10.7. The van der Waals surface area contributed by atoms with Crippen molar-refractivity contribution in [3.05, 3.63) is 18.4 Å². The van der Waals surface area contributed by atoms with Crippen LogP contribution in [0.5, 0.6) is 0 Å². The Hall–Kier alpha value is -1.93. The number of aromatic nitrogens is 1. The lowest BCUT2D eigenvalue weighted by Crippen LogP contribution is -2.73. The maximum atomic E-state index is 12.1. The fourth-order valence-corrected chi connectivity index (χ4v) is 2.90. The van der Waals surface area contributed by atoms with Crippen LogP contribution < -0.4 is 5.32 Å². The highest BCUT2D eigenvalue weighted by Gasteiger charge is 2.51. The largest absolute Gasteiger partial charge is 0.451 e. The molecule has 2 amide bonds. The van der Waals surface area contributed by atoms with Gasteiger partial charge in [0.2, 0.25) is 5.91 Å². The van der Waals surface area contributed by atoms with Gasteiger partial charge in [0.15, 0.2) is 12.1 Å². The number of hydrogen-bond donors (Lipinski definition) is 1. The Bertz CT molecular complexity index is 538. The number of likely N-dealkylation sites (N-methyl/N-ethyl adjacent to an activating group) is 2. The Morgan fingerprint density at radius 1 is 1.43 bits per heavy atom. The van der Waals surface area contributed by atoms with Crippen LogP contribution in [0.4, 0.5) is 0 Å². The first kappa shape index (κ1) is 14.0. The summed E-state index contributed by atoms with van der Waals surface area (Å²) in [6.45, 7) is 1.96. The van der Waals surface area contributed by atoms with Crippen molar-refractivity contribution in [2.24, 2.45) is 0 Å². The Morgan fingerprint density at radius 2 is 2.19 bits per heavy atom. The van der Waals surface area contributed by atoms with Crippen molar-refractivity contribution in [1.29, 1.82) is 0 Å². The minimum Gasteiger partial charge on any atom is -0.451 e. The van der Waals surface area contributed by atoms with Crippen LogP contribution in [0.25, 0.3) is 0 Å². The molecule has 0 radical (unpaired) electrons. The second-order valence-electron chi connectivity index (χ2n) is 5.57. The smallest absolute Gasteiger partial charge is 0.276 e. The molecule has 1 aromatic rings. The second-order valence-corrected chi connectivity index (χ2v) is 5.57. The molecular weight excluding hydrogens is 276 g/mol. The standard InChI is InChI=1S/C13H18N4O4/c1-14-11(18)10-4-21-13(5-16(10)2)6-17(7-13)12(19)9-3-20-8-15-9/h3,8,10H,4-7H2,1-2H3,(H,14,18)/t10-/m1/s1. The Kier molecular flexibility index (Phi) is 3.42. The molecule has 114 valence electrons. The molecule has 8 nitrogen and oxygen atoms in total. The van der Waals surface area contributed by atoms with E-state index in [2.05, 4.69) is 10.3 Å². The van der Waals surface area contributed by atoms with E-state index in [1.807, 2.05) is 11.9 Å². The normalized spacial score (nSPS) is 24.7. The average Bonchev–Trinajstić information content (AvgIpc) is 2.97. The molecule has 0 saturated carbocycles. The number of morpholine rings is 1. The number of carbonyl (C=O) groups is 2. The molecule has 0 bridgehead atoms. The molecule has 8 heteroatoms. The fraction of sp³-hybridized carbons (Fsp3) is 0.615. The number of ether oxygens (including phenoxy) is 1. The van der Waals surface area contributed by atoms with Gasteiger partial charge in [0.05, 0.1) is 19.7 Å². The molecule has 1 N–H and O–H groups in total. The number of nitrogens with zero attached hydrogens (tertiary/aromatic N) is 3. The van der Waals surface area contributed by atoms with Crippen molar-refractivity contribution < 1.29 is 18.7 Å². The van der Waals surface area contributed by atoms with Gasteiger partial charge < -0.3 is 19.4 Å². The number of hydrogen-bond acceptors (Lipinski definition) is 6. The summed E-state index contributed by atoms with van der Waals surface area (Å²) in [6, 6.07) is -0.277. The quantitative estimate of drug-likeness (QED) is 0.748. The van der Waals surface area contributed by atoms with Gasteiger partial charge in [-0.3, -0.25) is 14.5 Å². The topological polar surface area (TPSA) is 87.9 Å². The summed E-state index contributed by atoms with van der Waals surface area (Å²) in [7, 11) is 3.51. The fourth-order valence-electron chi connectivity index (χ4n) is 2.90. The highest BCUT2D eigenvalue weighted by atomic mass is 16.5. The zero-order chi connectivity index (χ0) is 15.0. The molecule has 1 aromatic heterocycles. The Labute approximate surface area is 122 Å². The molecule has 1 spiro atoms. The number of nitrogens with one attached hydrogen (secondary N) is 1. The van der Waals surface area contributed by atoms with Crippen LogP contribution in [0.2, 0.25) is 0 Å². The number of likely N-dealkylation sites (tertiary alicyclic amines) is 1. The number of amides is 2. The number of carbonyl (C=O) groups excluding carboxylic acids is 2. The Balaban J connectivity index is 1.58. The maximum absolute atomic E-state index is 12.1. The van der Waals surface area contributed by atoms with Crippen molar-refractivity contribution in [3.63, 3.8) is 0 Å². The van der Waals surface area contributed by atoms with Gasteiger partial charge in [-0.05, 0) is 7.05 Å². The van der Waals surface area contributed by atoms with Crippen LogP contribution in [-0.2, 0) is 9.53 Å². The average molecular weight is 294 g/mol. The van der Waals surface area contributed by atoms with Gasteiger partial charge in [-0.1, -0.05) is 0 Å². The van der Waals surface area contributed by atoms with E-state index in [9.17, 15) is 9.59 Å². The number of oxazole rings is 1. The summed E-state index contributed by atoms with van der Waals surface area (Å²) in [5.41, 5.74) is -0.0733. The van der Waals surface area contributed by atoms with Crippen molar-refractivity contribution in [2.45, 2.75) is 11.6 Å². The molecule has 2 aliphatic heterocycles. The molecule has 21 heavy (non-hydrogen) atoms. The zero-order valence-electron chi connectivity index (χ0n) is 12.0.